The molecular weight excluding hydrogens is 412 g/mol. The largest absolute Gasteiger partial charge is 0.508 e. The Balaban J connectivity index is 1.75. The number of nitrogens with one attached hydrogen (secondary N) is 1. The van der Waals surface area contributed by atoms with Gasteiger partial charge in [-0.25, -0.2) is 4.79 Å². The van der Waals surface area contributed by atoms with E-state index in [1.165, 1.54) is 37.4 Å². The van der Waals surface area contributed by atoms with Crippen molar-refractivity contribution in [1.29, 1.82) is 0 Å². The Labute approximate surface area is 177 Å². The molecule has 1 aliphatic rings. The van der Waals surface area contributed by atoms with E-state index in [0.29, 0.717) is 18.1 Å². The van der Waals surface area contributed by atoms with Crippen LogP contribution in [-0.4, -0.2) is 43.4 Å². The fraction of sp³-hybridized carbons (Fsp3) is 0.364. The van der Waals surface area contributed by atoms with E-state index in [4.69, 9.17) is 9.47 Å². The van der Waals surface area contributed by atoms with Crippen LogP contribution in [0.2, 0.25) is 0 Å². The minimum atomic E-state index is -3.03. The van der Waals surface area contributed by atoms with Gasteiger partial charge >= 0.3 is 12.6 Å². The number of benzene rings is 2. The van der Waals surface area contributed by atoms with Crippen molar-refractivity contribution in [3.05, 3.63) is 53.6 Å². The summed E-state index contributed by atoms with van der Waals surface area (Å²) in [5.41, 5.74) is 0.814. The van der Waals surface area contributed by atoms with Gasteiger partial charge in [0.2, 0.25) is 0 Å². The topological polar surface area (TPSA) is 94.1 Å². The molecule has 0 radical (unpaired) electrons. The number of alkyl halides is 2. The van der Waals surface area contributed by atoms with Crippen LogP contribution < -0.4 is 14.8 Å². The lowest BCUT2D eigenvalue weighted by Gasteiger charge is -2.18. The van der Waals surface area contributed by atoms with Crippen LogP contribution in [0.25, 0.3) is 0 Å². The molecule has 0 heterocycles. The lowest BCUT2D eigenvalue weighted by Crippen LogP contribution is -2.43. The highest BCUT2D eigenvalue weighted by Gasteiger charge is 2.25. The van der Waals surface area contributed by atoms with Crippen LogP contribution in [0.1, 0.15) is 28.8 Å². The molecule has 166 valence electrons. The van der Waals surface area contributed by atoms with Crippen LogP contribution in [0.4, 0.5) is 8.78 Å². The number of hydrogen-bond acceptors (Lipinski definition) is 6. The standard InChI is InChI=1S/C22H23F2NO6/c1-29-21(28)17(10-13-4-7-16(26)8-5-13)25-20(27)15-6-9-18(31-22(23)24)19(11-15)30-12-14-2-3-14/h4-9,11,14,17,22,26H,2-3,10,12H2,1H3,(H,25,27). The molecule has 1 unspecified atom stereocenters. The Morgan fingerprint density at radius 2 is 1.84 bits per heavy atom. The van der Waals surface area contributed by atoms with Crippen LogP contribution in [-0.2, 0) is 16.0 Å². The molecule has 2 aromatic rings. The van der Waals surface area contributed by atoms with Gasteiger partial charge < -0.3 is 24.6 Å². The third-order valence-corrected chi connectivity index (χ3v) is 4.76. The van der Waals surface area contributed by atoms with E-state index in [0.717, 1.165) is 12.8 Å². The molecular formula is C22H23F2NO6. The first kappa shape index (κ1) is 22.3. The van der Waals surface area contributed by atoms with Crippen LogP contribution in [0, 0.1) is 5.92 Å². The molecule has 31 heavy (non-hydrogen) atoms. The number of amides is 1. The summed E-state index contributed by atoms with van der Waals surface area (Å²) in [4.78, 5) is 24.9. The lowest BCUT2D eigenvalue weighted by molar-refractivity contribution is -0.142. The van der Waals surface area contributed by atoms with Gasteiger partial charge in [0.15, 0.2) is 11.5 Å². The van der Waals surface area contributed by atoms with E-state index in [-0.39, 0.29) is 29.2 Å². The van der Waals surface area contributed by atoms with Gasteiger partial charge in [0.1, 0.15) is 11.8 Å². The predicted octanol–water partition coefficient (Wildman–Crippen LogP) is 3.30. The molecule has 7 nitrogen and oxygen atoms in total. The molecule has 1 fully saturated rings. The van der Waals surface area contributed by atoms with Gasteiger partial charge in [-0.2, -0.15) is 8.78 Å². The number of aromatic hydroxyl groups is 1. The smallest absolute Gasteiger partial charge is 0.387 e. The average molecular weight is 435 g/mol. The number of carbonyl (C=O) groups is 2. The first-order chi connectivity index (χ1) is 14.9. The van der Waals surface area contributed by atoms with Crippen molar-refractivity contribution in [1.82, 2.24) is 5.32 Å². The lowest BCUT2D eigenvalue weighted by atomic mass is 10.0. The van der Waals surface area contributed by atoms with Gasteiger partial charge in [0.25, 0.3) is 5.91 Å². The number of rotatable bonds is 10. The maximum absolute atomic E-state index is 12.8. The quantitative estimate of drug-likeness (QED) is 0.557. The summed E-state index contributed by atoms with van der Waals surface area (Å²) in [6.07, 6.45) is 2.14. The maximum Gasteiger partial charge on any atom is 0.387 e. The molecule has 1 saturated carbocycles. The van der Waals surface area contributed by atoms with Gasteiger partial charge in [0, 0.05) is 12.0 Å². The fourth-order valence-corrected chi connectivity index (χ4v) is 2.89. The molecule has 0 bridgehead atoms. The average Bonchev–Trinajstić information content (AvgIpc) is 3.57. The van der Waals surface area contributed by atoms with E-state index in [2.05, 4.69) is 10.1 Å². The fourth-order valence-electron chi connectivity index (χ4n) is 2.89. The summed E-state index contributed by atoms with van der Waals surface area (Å²) in [6.45, 7) is -2.69. The molecule has 3 rings (SSSR count). The number of methoxy groups -OCH3 is 1. The summed E-state index contributed by atoms with van der Waals surface area (Å²) in [5, 5.41) is 12.0. The highest BCUT2D eigenvalue weighted by molar-refractivity contribution is 5.97. The molecule has 2 N–H and O–H groups in total. The zero-order valence-electron chi connectivity index (χ0n) is 16.8. The molecule has 1 atom stereocenters. The number of esters is 1. The summed E-state index contributed by atoms with van der Waals surface area (Å²) in [5.74, 6) is -0.940. The summed E-state index contributed by atoms with van der Waals surface area (Å²) >= 11 is 0. The van der Waals surface area contributed by atoms with Crippen molar-refractivity contribution in [2.24, 2.45) is 5.92 Å². The summed E-state index contributed by atoms with van der Waals surface area (Å²) < 4.78 is 40.2. The van der Waals surface area contributed by atoms with Crippen LogP contribution in [0.5, 0.6) is 17.2 Å². The molecule has 2 aromatic carbocycles. The van der Waals surface area contributed by atoms with E-state index < -0.39 is 24.5 Å². The molecule has 1 aliphatic carbocycles. The number of halogens is 2. The zero-order valence-corrected chi connectivity index (χ0v) is 16.8. The maximum atomic E-state index is 12.8. The SMILES string of the molecule is COC(=O)C(Cc1ccc(O)cc1)NC(=O)c1ccc(OC(F)F)c(OCC2CC2)c1. The first-order valence-electron chi connectivity index (χ1n) is 9.74. The van der Waals surface area contributed by atoms with Crippen molar-refractivity contribution in [3.63, 3.8) is 0 Å². The van der Waals surface area contributed by atoms with E-state index in [1.54, 1.807) is 12.1 Å². The second-order valence-corrected chi connectivity index (χ2v) is 7.21. The van der Waals surface area contributed by atoms with Crippen molar-refractivity contribution >= 4 is 11.9 Å². The minimum Gasteiger partial charge on any atom is -0.508 e. The predicted molar refractivity (Wildman–Crippen MR) is 106 cm³/mol. The third-order valence-electron chi connectivity index (χ3n) is 4.76. The number of ether oxygens (including phenoxy) is 3. The van der Waals surface area contributed by atoms with Gasteiger partial charge in [0.05, 0.1) is 13.7 Å². The Hall–Kier alpha value is -3.36. The van der Waals surface area contributed by atoms with Crippen molar-refractivity contribution in [2.45, 2.75) is 31.9 Å². The summed E-state index contributed by atoms with van der Waals surface area (Å²) in [7, 11) is 1.21. The number of hydrogen-bond donors (Lipinski definition) is 2. The van der Waals surface area contributed by atoms with E-state index in [9.17, 15) is 23.5 Å². The van der Waals surface area contributed by atoms with Crippen molar-refractivity contribution in [2.75, 3.05) is 13.7 Å². The van der Waals surface area contributed by atoms with Gasteiger partial charge in [-0.1, -0.05) is 12.1 Å². The Bertz CT molecular complexity index is 915. The zero-order chi connectivity index (χ0) is 22.4. The van der Waals surface area contributed by atoms with Crippen LogP contribution in [0.3, 0.4) is 0 Å². The number of phenolic OH excluding ortho intramolecular Hbond substituents is 1. The van der Waals surface area contributed by atoms with Crippen molar-refractivity contribution < 1.29 is 37.7 Å². The van der Waals surface area contributed by atoms with Crippen LogP contribution in [0.15, 0.2) is 42.5 Å². The van der Waals surface area contributed by atoms with Gasteiger partial charge in [-0.05, 0) is 54.7 Å². The summed E-state index contributed by atoms with van der Waals surface area (Å²) in [6, 6.07) is 9.05. The molecule has 0 aliphatic heterocycles. The van der Waals surface area contributed by atoms with Gasteiger partial charge in [-0.3, -0.25) is 4.79 Å². The Morgan fingerprint density at radius 1 is 1.13 bits per heavy atom. The third kappa shape index (κ3) is 6.56. The minimum absolute atomic E-state index is 0.0352. The highest BCUT2D eigenvalue weighted by atomic mass is 19.3. The Morgan fingerprint density at radius 3 is 2.45 bits per heavy atom. The van der Waals surface area contributed by atoms with E-state index in [1.807, 2.05) is 0 Å². The van der Waals surface area contributed by atoms with Crippen LogP contribution >= 0.6 is 0 Å². The molecule has 0 aromatic heterocycles. The monoisotopic (exact) mass is 435 g/mol. The first-order valence-corrected chi connectivity index (χ1v) is 9.74. The number of phenols is 1. The normalized spacial score (nSPS) is 14.1. The Kier molecular flexibility index (Phi) is 7.28. The molecule has 0 spiro atoms. The molecule has 1 amide bonds. The second-order valence-electron chi connectivity index (χ2n) is 7.21. The second kappa shape index (κ2) is 10.1. The molecule has 0 saturated heterocycles. The van der Waals surface area contributed by atoms with Crippen molar-refractivity contribution in [3.8, 4) is 17.2 Å². The highest BCUT2D eigenvalue weighted by Crippen LogP contribution is 2.34. The van der Waals surface area contributed by atoms with Gasteiger partial charge in [-0.15, -0.1) is 0 Å². The molecule has 9 heteroatoms. The van der Waals surface area contributed by atoms with E-state index >= 15 is 0 Å². The number of carbonyl (C=O) groups excluding carboxylic acids is 2.